The first-order valence-corrected chi connectivity index (χ1v) is 6.95. The van der Waals surface area contributed by atoms with Gasteiger partial charge in [-0.1, -0.05) is 12.2 Å². The molecule has 0 amide bonds. The van der Waals surface area contributed by atoms with E-state index in [1.54, 1.807) is 6.33 Å². The van der Waals surface area contributed by atoms with E-state index >= 15 is 0 Å². The zero-order chi connectivity index (χ0) is 13.1. The Kier molecular flexibility index (Phi) is 3.64. The molecule has 102 valence electrons. The molecular weight excluding hydrogens is 240 g/mol. The molecule has 1 aromatic heterocycles. The van der Waals surface area contributed by atoms with Gasteiger partial charge in [0.2, 0.25) is 5.88 Å². The number of hydrogen-bond donors (Lipinski definition) is 0. The first kappa shape index (κ1) is 12.4. The summed E-state index contributed by atoms with van der Waals surface area (Å²) in [6.45, 7) is 6.89. The molecule has 1 atom stereocenters. The molecule has 3 rings (SSSR count). The second kappa shape index (κ2) is 5.57. The van der Waals surface area contributed by atoms with Crippen LogP contribution in [0.15, 0.2) is 24.5 Å². The van der Waals surface area contributed by atoms with Crippen LogP contribution in [0.3, 0.4) is 0 Å². The Bertz CT molecular complexity index is 455. The van der Waals surface area contributed by atoms with Gasteiger partial charge in [-0.3, -0.25) is 4.90 Å². The van der Waals surface area contributed by atoms with Crippen LogP contribution >= 0.6 is 0 Å². The Labute approximate surface area is 113 Å². The van der Waals surface area contributed by atoms with E-state index in [2.05, 4.69) is 31.9 Å². The van der Waals surface area contributed by atoms with Crippen LogP contribution in [0.1, 0.15) is 13.3 Å². The van der Waals surface area contributed by atoms with Gasteiger partial charge in [0.1, 0.15) is 12.1 Å². The van der Waals surface area contributed by atoms with Gasteiger partial charge in [-0.2, -0.15) is 0 Å². The zero-order valence-electron chi connectivity index (χ0n) is 11.3. The molecule has 0 spiro atoms. The molecule has 1 fully saturated rings. The Balaban J connectivity index is 1.65. The Hall–Kier alpha value is -1.62. The van der Waals surface area contributed by atoms with E-state index in [1.807, 2.05) is 13.0 Å². The van der Waals surface area contributed by atoms with Crippen LogP contribution in [0, 0.1) is 0 Å². The number of ether oxygens (including phenoxy) is 1. The lowest BCUT2D eigenvalue weighted by atomic mass is 10.2. The van der Waals surface area contributed by atoms with Crippen molar-refractivity contribution >= 4 is 5.82 Å². The molecule has 19 heavy (non-hydrogen) atoms. The summed E-state index contributed by atoms with van der Waals surface area (Å²) in [5, 5.41) is 0. The molecule has 0 N–H and O–H groups in total. The summed E-state index contributed by atoms with van der Waals surface area (Å²) < 4.78 is 5.43. The molecule has 2 aliphatic rings. The SMILES string of the molecule is CCOc1cc(N2CCC(N3CC=CC3)C2)ncn1. The molecule has 0 aromatic carbocycles. The quantitative estimate of drug-likeness (QED) is 0.764. The average Bonchev–Trinajstić information content (AvgIpc) is 3.11. The highest BCUT2D eigenvalue weighted by Crippen LogP contribution is 2.24. The number of hydrogen-bond acceptors (Lipinski definition) is 5. The van der Waals surface area contributed by atoms with Crippen LogP contribution in [-0.4, -0.2) is 53.7 Å². The number of nitrogens with zero attached hydrogens (tertiary/aromatic N) is 4. The van der Waals surface area contributed by atoms with Gasteiger partial charge in [-0.15, -0.1) is 0 Å². The summed E-state index contributed by atoms with van der Waals surface area (Å²) in [6.07, 6.45) is 7.29. The molecule has 5 nitrogen and oxygen atoms in total. The topological polar surface area (TPSA) is 41.5 Å². The lowest BCUT2D eigenvalue weighted by Gasteiger charge is -2.24. The van der Waals surface area contributed by atoms with Crippen molar-refractivity contribution < 1.29 is 4.74 Å². The monoisotopic (exact) mass is 260 g/mol. The average molecular weight is 260 g/mol. The fraction of sp³-hybridized carbons (Fsp3) is 0.571. The van der Waals surface area contributed by atoms with E-state index in [4.69, 9.17) is 4.74 Å². The summed E-state index contributed by atoms with van der Waals surface area (Å²) in [5.74, 6) is 1.65. The Morgan fingerprint density at radius 3 is 2.95 bits per heavy atom. The molecule has 3 heterocycles. The lowest BCUT2D eigenvalue weighted by Crippen LogP contribution is -2.35. The third-order valence-electron chi connectivity index (χ3n) is 3.77. The number of anilines is 1. The summed E-state index contributed by atoms with van der Waals surface area (Å²) in [7, 11) is 0. The van der Waals surface area contributed by atoms with Gasteiger partial charge < -0.3 is 9.64 Å². The molecule has 1 aromatic rings. The van der Waals surface area contributed by atoms with E-state index < -0.39 is 0 Å². The molecule has 1 unspecified atom stereocenters. The minimum Gasteiger partial charge on any atom is -0.478 e. The highest BCUT2D eigenvalue weighted by Gasteiger charge is 2.28. The second-order valence-electron chi connectivity index (χ2n) is 4.96. The predicted octanol–water partition coefficient (Wildman–Crippen LogP) is 1.33. The zero-order valence-corrected chi connectivity index (χ0v) is 11.3. The summed E-state index contributed by atoms with van der Waals surface area (Å²) in [4.78, 5) is 13.3. The van der Waals surface area contributed by atoms with Crippen molar-refractivity contribution in [1.29, 1.82) is 0 Å². The van der Waals surface area contributed by atoms with Crippen LogP contribution in [0.25, 0.3) is 0 Å². The third-order valence-corrected chi connectivity index (χ3v) is 3.77. The highest BCUT2D eigenvalue weighted by atomic mass is 16.5. The van der Waals surface area contributed by atoms with Gasteiger partial charge in [0.25, 0.3) is 0 Å². The molecule has 0 bridgehead atoms. The first-order chi connectivity index (χ1) is 9.36. The maximum atomic E-state index is 5.43. The van der Waals surface area contributed by atoms with E-state index in [9.17, 15) is 0 Å². The largest absolute Gasteiger partial charge is 0.478 e. The van der Waals surface area contributed by atoms with Gasteiger partial charge in [-0.05, 0) is 13.3 Å². The standard InChI is InChI=1S/C14H20N4O/c1-2-19-14-9-13(15-11-16-14)18-8-5-12(10-18)17-6-3-4-7-17/h3-4,9,11-12H,2,5-8,10H2,1H3. The van der Waals surface area contributed by atoms with Crippen molar-refractivity contribution in [3.05, 3.63) is 24.5 Å². The smallest absolute Gasteiger partial charge is 0.218 e. The second-order valence-corrected chi connectivity index (χ2v) is 4.96. The van der Waals surface area contributed by atoms with E-state index in [0.717, 1.165) is 32.0 Å². The van der Waals surface area contributed by atoms with Crippen LogP contribution in [-0.2, 0) is 0 Å². The minimum absolute atomic E-state index is 0.637. The van der Waals surface area contributed by atoms with Gasteiger partial charge in [0.15, 0.2) is 0 Å². The highest BCUT2D eigenvalue weighted by molar-refractivity contribution is 5.42. The lowest BCUT2D eigenvalue weighted by molar-refractivity contribution is 0.271. The molecule has 2 aliphatic heterocycles. The van der Waals surface area contributed by atoms with Crippen molar-refractivity contribution in [2.24, 2.45) is 0 Å². The summed E-state index contributed by atoms with van der Waals surface area (Å²) >= 11 is 0. The minimum atomic E-state index is 0.637. The summed E-state index contributed by atoms with van der Waals surface area (Å²) in [6, 6.07) is 2.58. The van der Waals surface area contributed by atoms with E-state index in [-0.39, 0.29) is 0 Å². The normalized spacial score (nSPS) is 23.2. The van der Waals surface area contributed by atoms with Crippen LogP contribution < -0.4 is 9.64 Å². The van der Waals surface area contributed by atoms with Gasteiger partial charge >= 0.3 is 0 Å². The summed E-state index contributed by atoms with van der Waals surface area (Å²) in [5.41, 5.74) is 0. The van der Waals surface area contributed by atoms with Gasteiger partial charge in [0.05, 0.1) is 6.61 Å². The van der Waals surface area contributed by atoms with Gasteiger partial charge in [-0.25, -0.2) is 9.97 Å². The van der Waals surface area contributed by atoms with Crippen molar-refractivity contribution in [1.82, 2.24) is 14.9 Å². The molecule has 0 saturated carbocycles. The van der Waals surface area contributed by atoms with E-state index in [0.29, 0.717) is 18.5 Å². The fourth-order valence-electron chi connectivity index (χ4n) is 2.77. The molecular formula is C14H20N4O. The van der Waals surface area contributed by atoms with Gasteiger partial charge in [0, 0.05) is 38.3 Å². The van der Waals surface area contributed by atoms with Crippen molar-refractivity contribution in [2.45, 2.75) is 19.4 Å². The molecule has 0 radical (unpaired) electrons. The van der Waals surface area contributed by atoms with E-state index in [1.165, 1.54) is 6.42 Å². The number of aromatic nitrogens is 2. The third kappa shape index (κ3) is 2.71. The Morgan fingerprint density at radius 1 is 1.32 bits per heavy atom. The van der Waals surface area contributed by atoms with Crippen molar-refractivity contribution in [2.75, 3.05) is 37.7 Å². The van der Waals surface area contributed by atoms with Crippen LogP contribution in [0.4, 0.5) is 5.82 Å². The first-order valence-electron chi connectivity index (χ1n) is 6.95. The fourth-order valence-corrected chi connectivity index (χ4v) is 2.77. The van der Waals surface area contributed by atoms with Crippen LogP contribution in [0.2, 0.25) is 0 Å². The predicted molar refractivity (Wildman–Crippen MR) is 74.5 cm³/mol. The van der Waals surface area contributed by atoms with Crippen molar-refractivity contribution in [3.8, 4) is 5.88 Å². The van der Waals surface area contributed by atoms with Crippen LogP contribution in [0.5, 0.6) is 5.88 Å². The molecule has 1 saturated heterocycles. The Morgan fingerprint density at radius 2 is 2.16 bits per heavy atom. The maximum absolute atomic E-state index is 5.43. The molecule has 5 heteroatoms. The number of rotatable bonds is 4. The molecule has 0 aliphatic carbocycles. The van der Waals surface area contributed by atoms with Crippen molar-refractivity contribution in [3.63, 3.8) is 0 Å². The maximum Gasteiger partial charge on any atom is 0.218 e.